The van der Waals surface area contributed by atoms with Gasteiger partial charge in [-0.15, -0.1) is 0 Å². The molecule has 1 N–H and O–H groups in total. The molecule has 2 rings (SSSR count). The molecule has 8 heteroatoms. The summed E-state index contributed by atoms with van der Waals surface area (Å²) in [6, 6.07) is 4.08. The van der Waals surface area contributed by atoms with Gasteiger partial charge in [-0.05, 0) is 50.0 Å². The van der Waals surface area contributed by atoms with E-state index in [1.807, 2.05) is 0 Å². The first-order chi connectivity index (χ1) is 11.4. The fourth-order valence-electron chi connectivity index (χ4n) is 2.80. The average Bonchev–Trinajstić information content (AvgIpc) is 2.59. The predicted octanol–water partition coefficient (Wildman–Crippen LogP) is 2.14. The van der Waals surface area contributed by atoms with E-state index in [4.69, 9.17) is 11.6 Å². The molecule has 0 unspecified atom stereocenters. The van der Waals surface area contributed by atoms with Crippen molar-refractivity contribution in [3.8, 4) is 0 Å². The zero-order valence-corrected chi connectivity index (χ0v) is 15.5. The third-order valence-corrected chi connectivity index (χ3v) is 6.28. The van der Waals surface area contributed by atoms with Crippen LogP contribution >= 0.6 is 11.6 Å². The number of piperidine rings is 1. The average molecular weight is 375 g/mol. The van der Waals surface area contributed by atoms with E-state index in [1.54, 1.807) is 0 Å². The van der Waals surface area contributed by atoms with Gasteiger partial charge in [-0.1, -0.05) is 18.5 Å². The summed E-state index contributed by atoms with van der Waals surface area (Å²) in [4.78, 5) is 11.7. The summed E-state index contributed by atoms with van der Waals surface area (Å²) < 4.78 is 31.7. The second-order valence-electron chi connectivity index (χ2n) is 5.82. The second-order valence-corrected chi connectivity index (χ2v) is 8.20. The third kappa shape index (κ3) is 4.47. The van der Waals surface area contributed by atoms with Crippen LogP contribution in [-0.2, 0) is 14.8 Å². The first-order valence-corrected chi connectivity index (χ1v) is 9.80. The molecule has 1 aliphatic rings. The standard InChI is InChI=1S/C16H23ClN2O4S/c1-3-18-11-12-4-6-19(7-5-12)24(21,22)15-9-13(16(20)23-2)8-14(17)10-15/h8-10,12,18H,3-7,11H2,1-2H3. The minimum Gasteiger partial charge on any atom is -0.465 e. The molecule has 134 valence electrons. The van der Waals surface area contributed by atoms with Gasteiger partial charge in [-0.3, -0.25) is 0 Å². The van der Waals surface area contributed by atoms with Crippen molar-refractivity contribution in [3.63, 3.8) is 0 Å². The van der Waals surface area contributed by atoms with Gasteiger partial charge in [0.25, 0.3) is 0 Å². The maximum absolute atomic E-state index is 12.8. The Morgan fingerprint density at radius 1 is 1.33 bits per heavy atom. The fraction of sp³-hybridized carbons (Fsp3) is 0.562. The number of hydrogen-bond acceptors (Lipinski definition) is 5. The number of benzene rings is 1. The van der Waals surface area contributed by atoms with Gasteiger partial charge in [-0.25, -0.2) is 13.2 Å². The van der Waals surface area contributed by atoms with Crippen LogP contribution in [0.15, 0.2) is 23.1 Å². The van der Waals surface area contributed by atoms with Gasteiger partial charge in [0.2, 0.25) is 10.0 Å². The van der Waals surface area contributed by atoms with Crippen molar-refractivity contribution in [2.45, 2.75) is 24.7 Å². The lowest BCUT2D eigenvalue weighted by molar-refractivity contribution is 0.0600. The fourth-order valence-corrected chi connectivity index (χ4v) is 4.64. The van der Waals surface area contributed by atoms with E-state index in [1.165, 1.54) is 29.6 Å². The number of rotatable bonds is 6. The van der Waals surface area contributed by atoms with Crippen molar-refractivity contribution in [1.82, 2.24) is 9.62 Å². The molecular weight excluding hydrogens is 352 g/mol. The molecule has 0 aromatic heterocycles. The molecule has 0 saturated carbocycles. The number of carbonyl (C=O) groups excluding carboxylic acids is 1. The molecule has 0 amide bonds. The Bertz CT molecular complexity index is 685. The van der Waals surface area contributed by atoms with E-state index in [0.29, 0.717) is 19.0 Å². The van der Waals surface area contributed by atoms with Crippen LogP contribution in [-0.4, -0.2) is 52.0 Å². The van der Waals surface area contributed by atoms with E-state index in [2.05, 4.69) is 17.0 Å². The Labute approximate surface area is 148 Å². The largest absolute Gasteiger partial charge is 0.465 e. The molecule has 6 nitrogen and oxygen atoms in total. The number of halogens is 1. The number of ether oxygens (including phenoxy) is 1. The minimum absolute atomic E-state index is 0.0283. The highest BCUT2D eigenvalue weighted by atomic mass is 35.5. The number of methoxy groups -OCH3 is 1. The van der Waals surface area contributed by atoms with Crippen molar-refractivity contribution < 1.29 is 17.9 Å². The Balaban J connectivity index is 2.16. The van der Waals surface area contributed by atoms with E-state index in [-0.39, 0.29) is 15.5 Å². The molecule has 0 spiro atoms. The molecule has 0 bridgehead atoms. The second kappa shape index (κ2) is 8.29. The molecule has 24 heavy (non-hydrogen) atoms. The monoisotopic (exact) mass is 374 g/mol. The molecule has 1 heterocycles. The summed E-state index contributed by atoms with van der Waals surface area (Å²) in [6.45, 7) is 4.82. The lowest BCUT2D eigenvalue weighted by Crippen LogP contribution is -2.40. The summed E-state index contributed by atoms with van der Waals surface area (Å²) in [5.41, 5.74) is 0.130. The number of nitrogens with one attached hydrogen (secondary N) is 1. The smallest absolute Gasteiger partial charge is 0.337 e. The van der Waals surface area contributed by atoms with Crippen molar-refractivity contribution in [2.24, 2.45) is 5.92 Å². The molecule has 1 aromatic carbocycles. The van der Waals surface area contributed by atoms with E-state index < -0.39 is 16.0 Å². The Kier molecular flexibility index (Phi) is 6.62. The molecule has 0 aliphatic carbocycles. The van der Waals surface area contributed by atoms with Crippen LogP contribution in [0.2, 0.25) is 5.02 Å². The van der Waals surface area contributed by atoms with Crippen molar-refractivity contribution in [3.05, 3.63) is 28.8 Å². The Morgan fingerprint density at radius 2 is 2.00 bits per heavy atom. The van der Waals surface area contributed by atoms with Gasteiger partial charge in [0.1, 0.15) is 0 Å². The molecule has 1 saturated heterocycles. The number of carbonyl (C=O) groups is 1. The summed E-state index contributed by atoms with van der Waals surface area (Å²) in [5, 5.41) is 3.49. The first kappa shape index (κ1) is 19.2. The highest BCUT2D eigenvalue weighted by molar-refractivity contribution is 7.89. The molecule has 1 aliphatic heterocycles. The van der Waals surface area contributed by atoms with Crippen LogP contribution in [0.1, 0.15) is 30.1 Å². The Hall–Kier alpha value is -1.15. The van der Waals surface area contributed by atoms with Gasteiger partial charge in [-0.2, -0.15) is 4.31 Å². The van der Waals surface area contributed by atoms with Gasteiger partial charge in [0.15, 0.2) is 0 Å². The molecule has 0 atom stereocenters. The topological polar surface area (TPSA) is 75.7 Å². The Morgan fingerprint density at radius 3 is 2.58 bits per heavy atom. The van der Waals surface area contributed by atoms with Gasteiger partial charge in [0, 0.05) is 18.1 Å². The zero-order valence-electron chi connectivity index (χ0n) is 13.9. The van der Waals surface area contributed by atoms with Crippen LogP contribution in [0.4, 0.5) is 0 Å². The van der Waals surface area contributed by atoms with E-state index in [0.717, 1.165) is 25.9 Å². The molecule has 0 radical (unpaired) electrons. The number of hydrogen-bond donors (Lipinski definition) is 1. The van der Waals surface area contributed by atoms with Crippen LogP contribution in [0, 0.1) is 5.92 Å². The van der Waals surface area contributed by atoms with Crippen LogP contribution in [0.25, 0.3) is 0 Å². The third-order valence-electron chi connectivity index (χ3n) is 4.19. The number of nitrogens with zero attached hydrogens (tertiary/aromatic N) is 1. The lowest BCUT2D eigenvalue weighted by atomic mass is 9.98. The lowest BCUT2D eigenvalue weighted by Gasteiger charge is -2.31. The molecule has 1 fully saturated rings. The number of sulfonamides is 1. The van der Waals surface area contributed by atoms with Gasteiger partial charge >= 0.3 is 5.97 Å². The predicted molar refractivity (Wildman–Crippen MR) is 92.8 cm³/mol. The quantitative estimate of drug-likeness (QED) is 0.772. The van der Waals surface area contributed by atoms with Gasteiger partial charge < -0.3 is 10.1 Å². The molecule has 1 aromatic rings. The van der Waals surface area contributed by atoms with Crippen LogP contribution < -0.4 is 5.32 Å². The normalized spacial score (nSPS) is 17.0. The van der Waals surface area contributed by atoms with Crippen molar-refractivity contribution in [2.75, 3.05) is 33.3 Å². The SMILES string of the molecule is CCNCC1CCN(S(=O)(=O)c2cc(Cl)cc(C(=O)OC)c2)CC1. The van der Waals surface area contributed by atoms with Crippen molar-refractivity contribution >= 4 is 27.6 Å². The minimum atomic E-state index is -3.67. The molecular formula is C16H23ClN2O4S. The maximum atomic E-state index is 12.8. The number of esters is 1. The first-order valence-electron chi connectivity index (χ1n) is 7.98. The van der Waals surface area contributed by atoms with Crippen LogP contribution in [0.3, 0.4) is 0 Å². The van der Waals surface area contributed by atoms with E-state index >= 15 is 0 Å². The summed E-state index contributed by atoms with van der Waals surface area (Å²) in [7, 11) is -2.43. The summed E-state index contributed by atoms with van der Waals surface area (Å²) >= 11 is 5.98. The summed E-state index contributed by atoms with van der Waals surface area (Å²) in [6.07, 6.45) is 1.63. The van der Waals surface area contributed by atoms with E-state index in [9.17, 15) is 13.2 Å². The van der Waals surface area contributed by atoms with Crippen LogP contribution in [0.5, 0.6) is 0 Å². The maximum Gasteiger partial charge on any atom is 0.337 e. The summed E-state index contributed by atoms with van der Waals surface area (Å²) in [5.74, 6) is -0.125. The van der Waals surface area contributed by atoms with Gasteiger partial charge in [0.05, 0.1) is 17.6 Å². The zero-order chi connectivity index (χ0) is 17.7. The highest BCUT2D eigenvalue weighted by Crippen LogP contribution is 2.26. The van der Waals surface area contributed by atoms with Crippen molar-refractivity contribution in [1.29, 1.82) is 0 Å². The highest BCUT2D eigenvalue weighted by Gasteiger charge is 2.30.